The van der Waals surface area contributed by atoms with Crippen LogP contribution in [-0.4, -0.2) is 46.2 Å². The first-order chi connectivity index (χ1) is 16.6. The van der Waals surface area contributed by atoms with E-state index in [-0.39, 0.29) is 28.7 Å². The van der Waals surface area contributed by atoms with Crippen LogP contribution in [0.2, 0.25) is 5.02 Å². The first-order valence-electron chi connectivity index (χ1n) is 10.8. The van der Waals surface area contributed by atoms with Crippen LogP contribution in [0.3, 0.4) is 0 Å². The van der Waals surface area contributed by atoms with Gasteiger partial charge in [0.15, 0.2) is 6.10 Å². The van der Waals surface area contributed by atoms with Crippen LogP contribution in [-0.2, 0) is 21.4 Å². The third-order valence-corrected chi connectivity index (χ3v) is 7.16. The predicted octanol–water partition coefficient (Wildman–Crippen LogP) is 3.46. The summed E-state index contributed by atoms with van der Waals surface area (Å²) >= 11 is 6.21. The summed E-state index contributed by atoms with van der Waals surface area (Å²) in [6.45, 7) is 0.309. The van der Waals surface area contributed by atoms with Gasteiger partial charge in [-0.2, -0.15) is 0 Å². The Hall–Kier alpha value is -3.56. The largest absolute Gasteiger partial charge is 0.477 e. The van der Waals surface area contributed by atoms with Crippen molar-refractivity contribution in [3.05, 3.63) is 88.9 Å². The minimum Gasteiger partial charge on any atom is -0.477 e. The van der Waals surface area contributed by atoms with Crippen LogP contribution < -0.4 is 19.3 Å². The van der Waals surface area contributed by atoms with Gasteiger partial charge in [0, 0.05) is 19.2 Å². The van der Waals surface area contributed by atoms with Gasteiger partial charge in [-0.15, -0.1) is 0 Å². The van der Waals surface area contributed by atoms with Crippen LogP contribution in [0, 0.1) is 0 Å². The van der Waals surface area contributed by atoms with Gasteiger partial charge in [0.05, 0.1) is 29.2 Å². The van der Waals surface area contributed by atoms with E-state index in [1.807, 2.05) is 30.3 Å². The minimum atomic E-state index is -3.59. The third kappa shape index (κ3) is 5.41. The van der Waals surface area contributed by atoms with Crippen molar-refractivity contribution in [3.63, 3.8) is 0 Å². The SMILES string of the molecule is CN(c1cc(C(=O)N2C[C@H](C(=O)NCc3ccccc3)Oc3ccccc32)ccc1Cl)S(C)(=O)=O. The van der Waals surface area contributed by atoms with Gasteiger partial charge in [0.1, 0.15) is 5.75 Å². The van der Waals surface area contributed by atoms with Gasteiger partial charge < -0.3 is 15.0 Å². The normalized spacial score (nSPS) is 15.1. The molecule has 2 amide bonds. The van der Waals surface area contributed by atoms with Crippen molar-refractivity contribution in [1.82, 2.24) is 5.32 Å². The number of anilines is 2. The molecular formula is C25H24ClN3O5S. The van der Waals surface area contributed by atoms with E-state index in [2.05, 4.69) is 5.32 Å². The maximum absolute atomic E-state index is 13.6. The van der Waals surface area contributed by atoms with Gasteiger partial charge in [-0.1, -0.05) is 54.1 Å². The molecule has 0 fully saturated rings. The lowest BCUT2D eigenvalue weighted by atomic mass is 10.1. The van der Waals surface area contributed by atoms with E-state index in [0.29, 0.717) is 18.0 Å². The van der Waals surface area contributed by atoms with E-state index >= 15 is 0 Å². The van der Waals surface area contributed by atoms with Crippen molar-refractivity contribution < 1.29 is 22.7 Å². The summed E-state index contributed by atoms with van der Waals surface area (Å²) in [5, 5.41) is 3.04. The average Bonchev–Trinajstić information content (AvgIpc) is 2.86. The van der Waals surface area contributed by atoms with Crippen LogP contribution >= 0.6 is 11.6 Å². The summed E-state index contributed by atoms with van der Waals surface area (Å²) in [7, 11) is -2.23. The van der Waals surface area contributed by atoms with Gasteiger partial charge >= 0.3 is 0 Å². The second-order valence-electron chi connectivity index (χ2n) is 8.09. The molecule has 1 atom stereocenters. The van der Waals surface area contributed by atoms with Gasteiger partial charge in [-0.25, -0.2) is 8.42 Å². The van der Waals surface area contributed by atoms with Crippen LogP contribution in [0.4, 0.5) is 11.4 Å². The number of amides is 2. The van der Waals surface area contributed by atoms with Crippen LogP contribution in [0.1, 0.15) is 15.9 Å². The van der Waals surface area contributed by atoms with E-state index < -0.39 is 22.0 Å². The molecule has 10 heteroatoms. The van der Waals surface area contributed by atoms with Crippen LogP contribution in [0.15, 0.2) is 72.8 Å². The molecule has 1 heterocycles. The number of fused-ring (bicyclic) bond motifs is 1. The van der Waals surface area contributed by atoms with Crippen molar-refractivity contribution in [1.29, 1.82) is 0 Å². The van der Waals surface area contributed by atoms with Crippen molar-refractivity contribution in [2.45, 2.75) is 12.6 Å². The Morgan fingerprint density at radius 3 is 2.49 bits per heavy atom. The number of carbonyl (C=O) groups excluding carboxylic acids is 2. The number of para-hydroxylation sites is 2. The predicted molar refractivity (Wildman–Crippen MR) is 136 cm³/mol. The summed E-state index contributed by atoms with van der Waals surface area (Å²) in [5.41, 5.74) is 1.85. The number of carbonyl (C=O) groups is 2. The molecule has 3 aromatic carbocycles. The van der Waals surface area contributed by atoms with Crippen LogP contribution in [0.25, 0.3) is 0 Å². The van der Waals surface area contributed by atoms with Crippen molar-refractivity contribution >= 4 is 44.8 Å². The summed E-state index contributed by atoms with van der Waals surface area (Å²) in [6.07, 6.45) is 0.123. The number of hydrogen-bond acceptors (Lipinski definition) is 5. The fourth-order valence-electron chi connectivity index (χ4n) is 3.68. The molecule has 0 aromatic heterocycles. The van der Waals surface area contributed by atoms with Crippen molar-refractivity contribution in [2.75, 3.05) is 29.1 Å². The number of halogens is 1. The molecule has 1 aliphatic heterocycles. The monoisotopic (exact) mass is 513 g/mol. The standard InChI is InChI=1S/C25H24ClN3O5S/c1-28(35(2,32)33)21-14-18(12-13-19(21)26)25(31)29-16-23(34-22-11-7-6-10-20(22)29)24(30)27-15-17-8-4-3-5-9-17/h3-14,23H,15-16H2,1-2H3,(H,27,30)/t23-/m1/s1. The minimum absolute atomic E-state index is 0.0175. The lowest BCUT2D eigenvalue weighted by molar-refractivity contribution is -0.128. The molecule has 4 rings (SSSR count). The Morgan fingerprint density at radius 2 is 1.77 bits per heavy atom. The maximum Gasteiger partial charge on any atom is 0.263 e. The zero-order valence-corrected chi connectivity index (χ0v) is 20.7. The Morgan fingerprint density at radius 1 is 1.09 bits per heavy atom. The molecule has 35 heavy (non-hydrogen) atoms. The first-order valence-corrected chi connectivity index (χ1v) is 13.0. The van der Waals surface area contributed by atoms with Crippen molar-refractivity contribution in [2.24, 2.45) is 0 Å². The molecule has 0 saturated carbocycles. The highest BCUT2D eigenvalue weighted by Crippen LogP contribution is 2.35. The van der Waals surface area contributed by atoms with E-state index in [9.17, 15) is 18.0 Å². The Balaban J connectivity index is 1.61. The van der Waals surface area contributed by atoms with E-state index in [0.717, 1.165) is 16.1 Å². The highest BCUT2D eigenvalue weighted by molar-refractivity contribution is 7.92. The fraction of sp³-hybridized carbons (Fsp3) is 0.200. The second-order valence-corrected chi connectivity index (χ2v) is 10.5. The summed E-state index contributed by atoms with van der Waals surface area (Å²) in [5.74, 6) is -0.370. The number of sulfonamides is 1. The highest BCUT2D eigenvalue weighted by Gasteiger charge is 2.34. The number of nitrogens with one attached hydrogen (secondary N) is 1. The highest BCUT2D eigenvalue weighted by atomic mass is 35.5. The van der Waals surface area contributed by atoms with Crippen molar-refractivity contribution in [3.8, 4) is 5.75 Å². The quantitative estimate of drug-likeness (QED) is 0.544. The van der Waals surface area contributed by atoms with Gasteiger partial charge in [0.25, 0.3) is 11.8 Å². The van der Waals surface area contributed by atoms with Gasteiger partial charge in [-0.3, -0.25) is 13.9 Å². The zero-order valence-electron chi connectivity index (χ0n) is 19.1. The molecule has 182 valence electrons. The zero-order chi connectivity index (χ0) is 25.2. The molecule has 3 aromatic rings. The smallest absolute Gasteiger partial charge is 0.263 e. The molecule has 1 aliphatic rings. The molecule has 0 radical (unpaired) electrons. The molecule has 0 bridgehead atoms. The Bertz CT molecular complexity index is 1360. The van der Waals surface area contributed by atoms with Crippen LogP contribution in [0.5, 0.6) is 5.75 Å². The fourth-order valence-corrected chi connectivity index (χ4v) is 4.49. The number of hydrogen-bond donors (Lipinski definition) is 1. The number of rotatable bonds is 6. The number of nitrogens with zero attached hydrogens (tertiary/aromatic N) is 2. The molecule has 0 saturated heterocycles. The molecule has 0 unspecified atom stereocenters. The average molecular weight is 514 g/mol. The topological polar surface area (TPSA) is 96.0 Å². The summed E-state index contributed by atoms with van der Waals surface area (Å²) in [4.78, 5) is 28.0. The molecule has 0 spiro atoms. The number of benzene rings is 3. The van der Waals surface area contributed by atoms with Gasteiger partial charge in [0.2, 0.25) is 10.0 Å². The molecular weight excluding hydrogens is 490 g/mol. The van der Waals surface area contributed by atoms with E-state index in [1.165, 1.54) is 30.1 Å². The second kappa shape index (κ2) is 9.97. The summed E-state index contributed by atoms with van der Waals surface area (Å²) in [6, 6.07) is 20.8. The summed E-state index contributed by atoms with van der Waals surface area (Å²) < 4.78 is 31.0. The van der Waals surface area contributed by atoms with E-state index in [1.54, 1.807) is 24.3 Å². The lowest BCUT2D eigenvalue weighted by Gasteiger charge is -2.34. The van der Waals surface area contributed by atoms with E-state index in [4.69, 9.17) is 16.3 Å². The Kier molecular flexibility index (Phi) is 7.00. The lowest BCUT2D eigenvalue weighted by Crippen LogP contribution is -2.50. The Labute approximate surface area is 209 Å². The molecule has 1 N–H and O–H groups in total. The first kappa shape index (κ1) is 24.6. The third-order valence-electron chi connectivity index (χ3n) is 5.65. The number of ether oxygens (including phenoxy) is 1. The maximum atomic E-state index is 13.6. The molecule has 0 aliphatic carbocycles. The van der Waals surface area contributed by atoms with Gasteiger partial charge in [-0.05, 0) is 35.9 Å². The molecule has 8 nitrogen and oxygen atoms in total.